The second kappa shape index (κ2) is 8.92. The summed E-state index contributed by atoms with van der Waals surface area (Å²) >= 11 is 1.37. The lowest BCUT2D eigenvalue weighted by molar-refractivity contribution is -0.115. The topological polar surface area (TPSA) is 72.7 Å². The van der Waals surface area contributed by atoms with Crippen molar-refractivity contribution in [2.24, 2.45) is 0 Å². The molecule has 30 heavy (non-hydrogen) atoms. The highest BCUT2D eigenvalue weighted by molar-refractivity contribution is 8.00. The van der Waals surface area contributed by atoms with Gasteiger partial charge in [0.15, 0.2) is 11.0 Å². The predicted molar refractivity (Wildman–Crippen MR) is 120 cm³/mol. The lowest BCUT2D eigenvalue weighted by Gasteiger charge is -2.14. The van der Waals surface area contributed by atoms with Gasteiger partial charge >= 0.3 is 0 Å². The van der Waals surface area contributed by atoms with Crippen molar-refractivity contribution in [1.29, 1.82) is 0 Å². The number of aromatic nitrogens is 4. The number of thioether (sulfide) groups is 1. The number of carbonyl (C=O) groups excluding carboxylic acids is 1. The number of nitrogens with zero attached hydrogens (tertiary/aromatic N) is 4. The number of rotatable bonds is 6. The van der Waals surface area contributed by atoms with Crippen LogP contribution in [-0.2, 0) is 4.79 Å². The third-order valence-corrected chi connectivity index (χ3v) is 5.58. The summed E-state index contributed by atoms with van der Waals surface area (Å²) in [5, 5.41) is 12.0. The maximum atomic E-state index is 12.7. The van der Waals surface area contributed by atoms with E-state index in [-0.39, 0.29) is 11.2 Å². The van der Waals surface area contributed by atoms with Crippen LogP contribution in [0, 0.1) is 6.92 Å². The Bertz CT molecular complexity index is 1130. The number of benzene rings is 2. The maximum absolute atomic E-state index is 12.7. The number of hydrogen-bond acceptors (Lipinski definition) is 5. The summed E-state index contributed by atoms with van der Waals surface area (Å²) in [5.74, 6) is 0.595. The quantitative estimate of drug-likeness (QED) is 0.460. The van der Waals surface area contributed by atoms with Crippen molar-refractivity contribution < 1.29 is 4.79 Å². The van der Waals surface area contributed by atoms with Crippen LogP contribution in [0.3, 0.4) is 0 Å². The van der Waals surface area contributed by atoms with Gasteiger partial charge in [-0.2, -0.15) is 0 Å². The summed E-state index contributed by atoms with van der Waals surface area (Å²) in [6, 6.07) is 21.4. The lowest BCUT2D eigenvalue weighted by atomic mass is 10.2. The molecular weight excluding hydrogens is 394 g/mol. The molecule has 7 heteroatoms. The Labute approximate surface area is 179 Å². The van der Waals surface area contributed by atoms with Crippen molar-refractivity contribution in [2.75, 3.05) is 5.32 Å². The highest BCUT2D eigenvalue weighted by Gasteiger charge is 2.22. The van der Waals surface area contributed by atoms with Crippen molar-refractivity contribution in [3.8, 4) is 17.1 Å². The number of anilines is 1. The molecule has 0 bridgehead atoms. The van der Waals surface area contributed by atoms with Crippen molar-refractivity contribution in [2.45, 2.75) is 24.3 Å². The van der Waals surface area contributed by atoms with Crippen LogP contribution in [0.5, 0.6) is 0 Å². The van der Waals surface area contributed by atoms with E-state index in [1.54, 1.807) is 12.4 Å². The minimum atomic E-state index is -0.361. The molecule has 0 fully saturated rings. The molecule has 0 aliphatic rings. The monoisotopic (exact) mass is 415 g/mol. The van der Waals surface area contributed by atoms with Gasteiger partial charge in [0.1, 0.15) is 0 Å². The first kappa shape index (κ1) is 19.8. The number of pyridine rings is 1. The van der Waals surface area contributed by atoms with Crippen LogP contribution in [0.1, 0.15) is 12.5 Å². The van der Waals surface area contributed by atoms with Crippen molar-refractivity contribution in [3.05, 3.63) is 84.7 Å². The number of nitrogens with one attached hydrogen (secondary N) is 1. The Kier molecular flexibility index (Phi) is 5.90. The Balaban J connectivity index is 1.65. The molecule has 6 nitrogen and oxygen atoms in total. The van der Waals surface area contributed by atoms with Crippen LogP contribution in [0.25, 0.3) is 17.1 Å². The molecule has 1 unspecified atom stereocenters. The van der Waals surface area contributed by atoms with Gasteiger partial charge < -0.3 is 5.32 Å². The fourth-order valence-corrected chi connectivity index (χ4v) is 3.80. The largest absolute Gasteiger partial charge is 0.325 e. The van der Waals surface area contributed by atoms with Crippen molar-refractivity contribution >= 4 is 23.4 Å². The molecule has 0 spiro atoms. The first-order valence-electron chi connectivity index (χ1n) is 9.57. The number of aryl methyl sites for hydroxylation is 1. The third-order valence-electron chi connectivity index (χ3n) is 4.54. The van der Waals surface area contributed by atoms with Crippen molar-refractivity contribution in [3.63, 3.8) is 0 Å². The molecule has 4 rings (SSSR count). The van der Waals surface area contributed by atoms with Gasteiger partial charge in [-0.05, 0) is 50.2 Å². The van der Waals surface area contributed by atoms with E-state index in [0.717, 1.165) is 16.9 Å². The van der Waals surface area contributed by atoms with Gasteiger partial charge in [0.2, 0.25) is 5.91 Å². The molecule has 2 aromatic carbocycles. The fraction of sp³-hybridized carbons (Fsp3) is 0.130. The second-order valence-corrected chi connectivity index (χ2v) is 8.14. The van der Waals surface area contributed by atoms with Gasteiger partial charge in [0.05, 0.1) is 5.25 Å². The van der Waals surface area contributed by atoms with Gasteiger partial charge in [0.25, 0.3) is 0 Å². The summed E-state index contributed by atoms with van der Waals surface area (Å²) in [5.41, 5.74) is 3.73. The Hall–Kier alpha value is -3.45. The molecule has 2 heterocycles. The first-order chi connectivity index (χ1) is 14.6. The zero-order chi connectivity index (χ0) is 20.9. The minimum absolute atomic E-state index is 0.0902. The van der Waals surface area contributed by atoms with E-state index in [4.69, 9.17) is 0 Å². The van der Waals surface area contributed by atoms with E-state index in [1.807, 2.05) is 85.1 Å². The minimum Gasteiger partial charge on any atom is -0.325 e. The molecule has 0 saturated heterocycles. The summed E-state index contributed by atoms with van der Waals surface area (Å²) in [6.45, 7) is 3.91. The summed E-state index contributed by atoms with van der Waals surface area (Å²) < 4.78 is 1.97. The second-order valence-electron chi connectivity index (χ2n) is 6.83. The van der Waals surface area contributed by atoms with E-state index < -0.39 is 0 Å². The molecule has 4 aromatic rings. The molecule has 1 atom stereocenters. The maximum Gasteiger partial charge on any atom is 0.237 e. The fourth-order valence-electron chi connectivity index (χ4n) is 2.93. The van der Waals surface area contributed by atoms with E-state index in [2.05, 4.69) is 20.5 Å². The molecule has 0 aliphatic carbocycles. The third kappa shape index (κ3) is 4.41. The van der Waals surface area contributed by atoms with Gasteiger partial charge in [-0.25, -0.2) is 0 Å². The predicted octanol–water partition coefficient (Wildman–Crippen LogP) is 4.76. The highest BCUT2D eigenvalue weighted by Crippen LogP contribution is 2.30. The molecule has 1 N–H and O–H groups in total. The lowest BCUT2D eigenvalue weighted by Crippen LogP contribution is -2.22. The van der Waals surface area contributed by atoms with Crippen molar-refractivity contribution in [1.82, 2.24) is 19.7 Å². The Morgan fingerprint density at radius 1 is 1.00 bits per heavy atom. The summed E-state index contributed by atoms with van der Waals surface area (Å²) in [7, 11) is 0. The molecule has 0 radical (unpaired) electrons. The van der Waals surface area contributed by atoms with Crippen LogP contribution in [0.15, 0.2) is 84.3 Å². The SMILES string of the molecule is Cc1ccc(-n2c(SC(C)C(=O)Nc3ccccc3)nnc2-c2cccnc2)cc1. The summed E-state index contributed by atoms with van der Waals surface area (Å²) in [6.07, 6.45) is 3.48. The molecular formula is C23H21N5OS. The van der Waals surface area contributed by atoms with Gasteiger partial charge in [-0.1, -0.05) is 47.7 Å². The zero-order valence-electron chi connectivity index (χ0n) is 16.7. The number of carbonyl (C=O) groups is 1. The van der Waals surface area contributed by atoms with Gasteiger partial charge in [0, 0.05) is 29.3 Å². The normalized spacial score (nSPS) is 11.8. The molecule has 2 aromatic heterocycles. The molecule has 150 valence electrons. The molecule has 1 amide bonds. The number of amides is 1. The van der Waals surface area contributed by atoms with Gasteiger partial charge in [-0.15, -0.1) is 10.2 Å². The highest BCUT2D eigenvalue weighted by atomic mass is 32.2. The molecule has 0 saturated carbocycles. The van der Waals surface area contributed by atoms with Crippen LogP contribution < -0.4 is 5.32 Å². The first-order valence-corrected chi connectivity index (χ1v) is 10.5. The van der Waals surface area contributed by atoms with E-state index in [0.29, 0.717) is 11.0 Å². The Morgan fingerprint density at radius 3 is 2.47 bits per heavy atom. The number of para-hydroxylation sites is 1. The zero-order valence-corrected chi connectivity index (χ0v) is 17.5. The molecule has 0 aliphatic heterocycles. The smallest absolute Gasteiger partial charge is 0.237 e. The van der Waals surface area contributed by atoms with Crippen LogP contribution in [-0.4, -0.2) is 30.9 Å². The van der Waals surface area contributed by atoms with E-state index in [1.165, 1.54) is 17.3 Å². The average Bonchev–Trinajstić information content (AvgIpc) is 3.19. The van der Waals surface area contributed by atoms with E-state index >= 15 is 0 Å². The van der Waals surface area contributed by atoms with Crippen LogP contribution >= 0.6 is 11.8 Å². The van der Waals surface area contributed by atoms with Crippen LogP contribution in [0.4, 0.5) is 5.69 Å². The van der Waals surface area contributed by atoms with Crippen LogP contribution in [0.2, 0.25) is 0 Å². The number of hydrogen-bond donors (Lipinski definition) is 1. The average molecular weight is 416 g/mol. The Morgan fingerprint density at radius 2 is 1.77 bits per heavy atom. The summed E-state index contributed by atoms with van der Waals surface area (Å²) in [4.78, 5) is 16.9. The van der Waals surface area contributed by atoms with E-state index in [9.17, 15) is 4.79 Å². The standard InChI is InChI=1S/C23H21N5OS/c1-16-10-12-20(13-11-16)28-21(18-7-6-14-24-15-18)26-27-23(28)30-17(2)22(29)25-19-8-4-3-5-9-19/h3-15,17H,1-2H3,(H,25,29). The van der Waals surface area contributed by atoms with Gasteiger partial charge in [-0.3, -0.25) is 14.3 Å².